The van der Waals surface area contributed by atoms with Gasteiger partial charge in [0.1, 0.15) is 28.7 Å². The van der Waals surface area contributed by atoms with E-state index in [1.807, 2.05) is 0 Å². The smallest absolute Gasteiger partial charge is 0.410 e. The highest BCUT2D eigenvalue weighted by Crippen LogP contribution is 2.28. The first-order chi connectivity index (χ1) is 15.6. The molecule has 0 aliphatic carbocycles. The zero-order valence-corrected chi connectivity index (χ0v) is 19.6. The number of aliphatic hydroxyl groups is 1. The van der Waals surface area contributed by atoms with Crippen molar-refractivity contribution in [3.05, 3.63) is 23.9 Å². The molecule has 2 atom stereocenters. The number of anilines is 1. The Kier molecular flexibility index (Phi) is 7.57. The van der Waals surface area contributed by atoms with Gasteiger partial charge in [-0.1, -0.05) is 6.07 Å². The van der Waals surface area contributed by atoms with Crippen LogP contribution in [-0.4, -0.2) is 74.5 Å². The summed E-state index contributed by atoms with van der Waals surface area (Å²) in [6, 6.07) is 2.71. The number of aromatic nitrogens is 2. The second kappa shape index (κ2) is 10.2. The highest BCUT2D eigenvalue weighted by atomic mass is 16.6. The third-order valence-electron chi connectivity index (χ3n) is 5.41. The van der Waals surface area contributed by atoms with Gasteiger partial charge in [-0.15, -0.1) is 0 Å². The SMILES string of the molecule is Cc1ccc2ncc(N[C@H]3CCN(C(=O)OC(C)(C)C)[C@H](C(=O)NCCCO)C3)nc2c1O. The number of nitrogens with zero attached hydrogens (tertiary/aromatic N) is 3. The topological polar surface area (TPSA) is 137 Å². The molecule has 0 bridgehead atoms. The van der Waals surface area contributed by atoms with Crippen LogP contribution in [0.4, 0.5) is 10.6 Å². The van der Waals surface area contributed by atoms with Gasteiger partial charge >= 0.3 is 6.09 Å². The Morgan fingerprint density at radius 1 is 1.30 bits per heavy atom. The first kappa shape index (κ1) is 24.5. The van der Waals surface area contributed by atoms with Crippen LogP contribution in [0, 0.1) is 6.92 Å². The molecule has 10 heteroatoms. The van der Waals surface area contributed by atoms with E-state index in [2.05, 4.69) is 20.6 Å². The van der Waals surface area contributed by atoms with Crippen LogP contribution in [0.1, 0.15) is 45.6 Å². The fraction of sp³-hybridized carbons (Fsp3) is 0.565. The van der Waals surface area contributed by atoms with Crippen molar-refractivity contribution < 1.29 is 24.5 Å². The molecule has 2 amide bonds. The van der Waals surface area contributed by atoms with Gasteiger partial charge in [-0.25, -0.2) is 9.78 Å². The Morgan fingerprint density at radius 2 is 2.06 bits per heavy atom. The molecule has 1 aromatic heterocycles. The molecule has 1 saturated heterocycles. The number of benzene rings is 1. The number of rotatable bonds is 6. The minimum atomic E-state index is -0.728. The third-order valence-corrected chi connectivity index (χ3v) is 5.41. The largest absolute Gasteiger partial charge is 0.505 e. The van der Waals surface area contributed by atoms with Crippen molar-refractivity contribution in [3.63, 3.8) is 0 Å². The summed E-state index contributed by atoms with van der Waals surface area (Å²) in [7, 11) is 0. The maximum Gasteiger partial charge on any atom is 0.410 e. The van der Waals surface area contributed by atoms with E-state index < -0.39 is 17.7 Å². The Labute approximate surface area is 193 Å². The summed E-state index contributed by atoms with van der Waals surface area (Å²) in [4.78, 5) is 36.0. The molecular formula is C23H33N5O5. The summed E-state index contributed by atoms with van der Waals surface area (Å²) >= 11 is 0. The monoisotopic (exact) mass is 459 g/mol. The Hall–Kier alpha value is -3.14. The summed E-state index contributed by atoms with van der Waals surface area (Å²) < 4.78 is 5.51. The number of likely N-dealkylation sites (tertiary alicyclic amines) is 1. The van der Waals surface area contributed by atoms with E-state index in [-0.39, 0.29) is 24.3 Å². The number of hydrogen-bond donors (Lipinski definition) is 4. The number of hydrogen-bond acceptors (Lipinski definition) is 8. The van der Waals surface area contributed by atoms with Crippen LogP contribution in [0.3, 0.4) is 0 Å². The lowest BCUT2D eigenvalue weighted by molar-refractivity contribution is -0.127. The van der Waals surface area contributed by atoms with Gasteiger partial charge in [-0.2, -0.15) is 0 Å². The number of aryl methyl sites for hydroxylation is 1. The summed E-state index contributed by atoms with van der Waals surface area (Å²) in [5, 5.41) is 25.4. The molecule has 2 aromatic rings. The molecule has 0 saturated carbocycles. The Bertz CT molecular complexity index is 1010. The molecule has 2 heterocycles. The number of phenols is 1. The van der Waals surface area contributed by atoms with Crippen LogP contribution >= 0.6 is 0 Å². The zero-order chi connectivity index (χ0) is 24.2. The highest BCUT2D eigenvalue weighted by Gasteiger charge is 2.38. The minimum absolute atomic E-state index is 0.0299. The standard InChI is InChI=1S/C23H33N5O5/c1-14-6-7-16-19(20(14)30)27-18(13-25-16)26-15-8-10-28(22(32)33-23(2,3)4)17(12-15)21(31)24-9-5-11-29/h6-7,13,15,17,29-30H,5,8-12H2,1-4H3,(H,24,31)(H,26,27)/t15-,17-/m0/s1. The number of aromatic hydroxyl groups is 1. The van der Waals surface area contributed by atoms with Crippen molar-refractivity contribution in [3.8, 4) is 5.75 Å². The van der Waals surface area contributed by atoms with Gasteiger partial charge in [-0.05, 0) is 58.6 Å². The first-order valence-corrected chi connectivity index (χ1v) is 11.2. The van der Waals surface area contributed by atoms with Crippen LogP contribution in [0.25, 0.3) is 11.0 Å². The molecule has 3 rings (SSSR count). The van der Waals surface area contributed by atoms with Crippen LogP contribution in [-0.2, 0) is 9.53 Å². The number of nitrogens with one attached hydrogen (secondary N) is 2. The lowest BCUT2D eigenvalue weighted by atomic mass is 9.96. The minimum Gasteiger partial charge on any atom is -0.505 e. The second-order valence-electron chi connectivity index (χ2n) is 9.28. The van der Waals surface area contributed by atoms with E-state index >= 15 is 0 Å². The quantitative estimate of drug-likeness (QED) is 0.483. The maximum atomic E-state index is 12.9. The molecular weight excluding hydrogens is 426 g/mol. The molecule has 0 radical (unpaired) electrons. The van der Waals surface area contributed by atoms with Crippen LogP contribution in [0.15, 0.2) is 18.3 Å². The van der Waals surface area contributed by atoms with Crippen molar-refractivity contribution in [2.24, 2.45) is 0 Å². The number of aliphatic hydroxyl groups excluding tert-OH is 1. The van der Waals surface area contributed by atoms with E-state index in [1.165, 1.54) is 4.90 Å². The first-order valence-electron chi connectivity index (χ1n) is 11.2. The third kappa shape index (κ3) is 6.22. The normalized spacial score (nSPS) is 18.8. The lowest BCUT2D eigenvalue weighted by Gasteiger charge is -2.39. The Morgan fingerprint density at radius 3 is 2.76 bits per heavy atom. The number of amides is 2. The van der Waals surface area contributed by atoms with Gasteiger partial charge < -0.3 is 25.6 Å². The number of fused-ring (bicyclic) bond motifs is 1. The number of carbonyl (C=O) groups is 2. The van der Waals surface area contributed by atoms with Crippen LogP contribution in [0.5, 0.6) is 5.75 Å². The number of piperidine rings is 1. The molecule has 1 fully saturated rings. The molecule has 1 aliphatic heterocycles. The van der Waals surface area contributed by atoms with E-state index in [9.17, 15) is 14.7 Å². The van der Waals surface area contributed by atoms with Crippen LogP contribution in [0.2, 0.25) is 0 Å². The lowest BCUT2D eigenvalue weighted by Crippen LogP contribution is -2.56. The molecule has 10 nitrogen and oxygen atoms in total. The number of carbonyl (C=O) groups excluding carboxylic acids is 2. The number of ether oxygens (including phenoxy) is 1. The van der Waals surface area contributed by atoms with Crippen molar-refractivity contribution in [1.82, 2.24) is 20.2 Å². The maximum absolute atomic E-state index is 12.9. The van der Waals surface area contributed by atoms with Gasteiger partial charge in [0, 0.05) is 25.7 Å². The summed E-state index contributed by atoms with van der Waals surface area (Å²) in [6.07, 6.45) is 2.42. The predicted molar refractivity (Wildman–Crippen MR) is 124 cm³/mol. The summed E-state index contributed by atoms with van der Waals surface area (Å²) in [6.45, 7) is 7.76. The fourth-order valence-electron chi connectivity index (χ4n) is 3.74. The average Bonchev–Trinajstić information content (AvgIpc) is 2.75. The average molecular weight is 460 g/mol. The van der Waals surface area contributed by atoms with Gasteiger partial charge in [0.2, 0.25) is 5.91 Å². The zero-order valence-electron chi connectivity index (χ0n) is 19.6. The molecule has 1 aliphatic rings. The predicted octanol–water partition coefficient (Wildman–Crippen LogP) is 2.32. The van der Waals surface area contributed by atoms with Crippen molar-refractivity contribution in [2.45, 2.75) is 64.6 Å². The molecule has 33 heavy (non-hydrogen) atoms. The van der Waals surface area contributed by atoms with Crippen molar-refractivity contribution >= 4 is 28.9 Å². The molecule has 0 unspecified atom stereocenters. The van der Waals surface area contributed by atoms with E-state index in [4.69, 9.17) is 9.84 Å². The van der Waals surface area contributed by atoms with E-state index in [1.54, 1.807) is 46.0 Å². The molecule has 1 aromatic carbocycles. The van der Waals surface area contributed by atoms with Gasteiger partial charge in [0.15, 0.2) is 0 Å². The van der Waals surface area contributed by atoms with Crippen LogP contribution < -0.4 is 10.6 Å². The van der Waals surface area contributed by atoms with Crippen molar-refractivity contribution in [1.29, 1.82) is 0 Å². The van der Waals surface area contributed by atoms with Crippen molar-refractivity contribution in [2.75, 3.05) is 25.0 Å². The van der Waals surface area contributed by atoms with E-state index in [0.29, 0.717) is 54.8 Å². The molecule has 0 spiro atoms. The molecule has 4 N–H and O–H groups in total. The van der Waals surface area contributed by atoms with E-state index in [0.717, 1.165) is 0 Å². The Balaban J connectivity index is 1.76. The summed E-state index contributed by atoms with van der Waals surface area (Å²) in [5.41, 5.74) is 1.03. The summed E-state index contributed by atoms with van der Waals surface area (Å²) in [5.74, 6) is 0.279. The van der Waals surface area contributed by atoms with Gasteiger partial charge in [-0.3, -0.25) is 14.7 Å². The second-order valence-corrected chi connectivity index (χ2v) is 9.28. The van der Waals surface area contributed by atoms with Gasteiger partial charge in [0.05, 0.1) is 11.7 Å². The highest BCUT2D eigenvalue weighted by molar-refractivity contribution is 5.86. The van der Waals surface area contributed by atoms with Gasteiger partial charge in [0.25, 0.3) is 0 Å². The molecule has 180 valence electrons. The fourth-order valence-corrected chi connectivity index (χ4v) is 3.74. The number of phenolic OH excluding ortho intramolecular Hbond substituents is 1.